The van der Waals surface area contributed by atoms with E-state index < -0.39 is 0 Å². The Labute approximate surface area is 103 Å². The predicted octanol–water partition coefficient (Wildman–Crippen LogP) is 0.952. The Kier molecular flexibility index (Phi) is 3.88. The number of carbonyl (C=O) groups is 1. The van der Waals surface area contributed by atoms with Crippen LogP contribution in [0.25, 0.3) is 0 Å². The van der Waals surface area contributed by atoms with E-state index in [-0.39, 0.29) is 11.7 Å². The van der Waals surface area contributed by atoms with Crippen LogP contribution in [0.15, 0.2) is 9.95 Å². The Morgan fingerprint density at radius 3 is 3.06 bits per heavy atom. The van der Waals surface area contributed by atoms with Gasteiger partial charge in [-0.3, -0.25) is 9.36 Å². The van der Waals surface area contributed by atoms with Crippen LogP contribution in [0.5, 0.6) is 0 Å². The molecule has 1 aliphatic carbocycles. The minimum atomic E-state index is -0.212. The Morgan fingerprint density at radius 1 is 1.65 bits per heavy atom. The highest BCUT2D eigenvalue weighted by Gasteiger charge is 2.28. The van der Waals surface area contributed by atoms with E-state index in [1.807, 2.05) is 0 Å². The van der Waals surface area contributed by atoms with Crippen LogP contribution >= 0.6 is 11.8 Å². The molecule has 17 heavy (non-hydrogen) atoms. The average molecular weight is 257 g/mol. The molecule has 0 atom stereocenters. The fourth-order valence-corrected chi connectivity index (χ4v) is 2.44. The summed E-state index contributed by atoms with van der Waals surface area (Å²) >= 11 is 1.41. The lowest BCUT2D eigenvalue weighted by Crippen LogP contribution is -2.16. The minimum absolute atomic E-state index is 0.161. The maximum Gasteiger partial charge on any atom is 0.344 e. The second kappa shape index (κ2) is 5.39. The molecule has 94 valence electrons. The van der Waals surface area contributed by atoms with Gasteiger partial charge >= 0.3 is 11.7 Å². The van der Waals surface area contributed by atoms with Crippen LogP contribution in [-0.2, 0) is 9.53 Å². The molecule has 6 nitrogen and oxygen atoms in total. The molecule has 0 unspecified atom stereocenters. The number of aromatic nitrogens is 3. The van der Waals surface area contributed by atoms with Gasteiger partial charge in [-0.1, -0.05) is 11.8 Å². The minimum Gasteiger partial charge on any atom is -0.466 e. The standard InChI is InChI=1S/C10H15N3O3S/c1-2-16-8(14)5-6-17-10-12-11-9(15)13(10)7-3-4-7/h7H,2-6H2,1H3,(H,11,15). The Hall–Kier alpha value is -1.24. The molecule has 1 saturated carbocycles. The highest BCUT2D eigenvalue weighted by Crippen LogP contribution is 2.36. The van der Waals surface area contributed by atoms with Crippen LogP contribution in [-0.4, -0.2) is 33.1 Å². The molecule has 0 aliphatic heterocycles. The van der Waals surface area contributed by atoms with Crippen LogP contribution in [0.3, 0.4) is 0 Å². The van der Waals surface area contributed by atoms with Crippen molar-refractivity contribution in [2.45, 2.75) is 37.4 Å². The van der Waals surface area contributed by atoms with E-state index in [0.717, 1.165) is 12.8 Å². The summed E-state index contributed by atoms with van der Waals surface area (Å²) in [5.41, 5.74) is -0.161. The van der Waals surface area contributed by atoms with Gasteiger partial charge in [-0.15, -0.1) is 5.10 Å². The Morgan fingerprint density at radius 2 is 2.41 bits per heavy atom. The second-order valence-electron chi connectivity index (χ2n) is 3.82. The van der Waals surface area contributed by atoms with Crippen molar-refractivity contribution in [3.63, 3.8) is 0 Å². The molecule has 0 amide bonds. The monoisotopic (exact) mass is 257 g/mol. The van der Waals surface area contributed by atoms with E-state index >= 15 is 0 Å². The van der Waals surface area contributed by atoms with Gasteiger partial charge in [0, 0.05) is 11.8 Å². The first kappa shape index (κ1) is 12.2. The molecule has 1 aliphatic rings. The summed E-state index contributed by atoms with van der Waals surface area (Å²) < 4.78 is 6.50. The summed E-state index contributed by atoms with van der Waals surface area (Å²) in [6, 6.07) is 0.298. The number of carbonyl (C=O) groups excluding carboxylic acids is 1. The molecule has 0 spiro atoms. The molecular weight excluding hydrogens is 242 g/mol. The van der Waals surface area contributed by atoms with Crippen molar-refractivity contribution in [1.29, 1.82) is 0 Å². The largest absolute Gasteiger partial charge is 0.466 e. The second-order valence-corrected chi connectivity index (χ2v) is 4.88. The topological polar surface area (TPSA) is 77.0 Å². The summed E-state index contributed by atoms with van der Waals surface area (Å²) in [7, 11) is 0. The van der Waals surface area contributed by atoms with Crippen LogP contribution in [0, 0.1) is 0 Å². The van der Waals surface area contributed by atoms with Crippen LogP contribution in [0.1, 0.15) is 32.2 Å². The number of nitrogens with zero attached hydrogens (tertiary/aromatic N) is 2. The van der Waals surface area contributed by atoms with Gasteiger partial charge < -0.3 is 4.74 Å². The number of hydrogen-bond donors (Lipinski definition) is 1. The van der Waals surface area contributed by atoms with Gasteiger partial charge in [0.05, 0.1) is 13.0 Å². The third-order valence-corrected chi connectivity index (χ3v) is 3.38. The molecule has 1 heterocycles. The van der Waals surface area contributed by atoms with E-state index in [4.69, 9.17) is 4.74 Å². The number of ether oxygens (including phenoxy) is 1. The third kappa shape index (κ3) is 3.12. The summed E-state index contributed by atoms with van der Waals surface area (Å²) in [6.07, 6.45) is 2.40. The lowest BCUT2D eigenvalue weighted by atomic mass is 10.5. The predicted molar refractivity (Wildman–Crippen MR) is 63.1 cm³/mol. The zero-order valence-electron chi connectivity index (χ0n) is 9.64. The first-order valence-corrected chi connectivity index (χ1v) is 6.66. The van der Waals surface area contributed by atoms with Gasteiger partial charge in [-0.05, 0) is 19.8 Å². The number of hydrogen-bond acceptors (Lipinski definition) is 5. The number of nitrogens with one attached hydrogen (secondary N) is 1. The van der Waals surface area contributed by atoms with Gasteiger partial charge in [-0.2, -0.15) is 0 Å². The molecule has 0 aromatic carbocycles. The van der Waals surface area contributed by atoms with E-state index in [2.05, 4.69) is 10.2 Å². The van der Waals surface area contributed by atoms with Gasteiger partial charge in [0.1, 0.15) is 0 Å². The van der Waals surface area contributed by atoms with Crippen molar-refractivity contribution >= 4 is 17.7 Å². The molecule has 2 rings (SSSR count). The van der Waals surface area contributed by atoms with Crippen molar-refractivity contribution in [2.24, 2.45) is 0 Å². The van der Waals surface area contributed by atoms with Gasteiger partial charge in [0.15, 0.2) is 5.16 Å². The zero-order chi connectivity index (χ0) is 12.3. The van der Waals surface area contributed by atoms with Crippen LogP contribution < -0.4 is 5.69 Å². The molecule has 0 saturated heterocycles. The number of H-pyrrole nitrogens is 1. The number of aromatic amines is 1. The first-order chi connectivity index (χ1) is 8.22. The van der Waals surface area contributed by atoms with Crippen LogP contribution in [0.2, 0.25) is 0 Å². The van der Waals surface area contributed by atoms with E-state index in [1.165, 1.54) is 11.8 Å². The highest BCUT2D eigenvalue weighted by molar-refractivity contribution is 7.99. The van der Waals surface area contributed by atoms with Crippen molar-refractivity contribution in [1.82, 2.24) is 14.8 Å². The molecule has 1 N–H and O–H groups in total. The molecular formula is C10H15N3O3S. The van der Waals surface area contributed by atoms with Crippen molar-refractivity contribution in [3.05, 3.63) is 10.5 Å². The summed E-state index contributed by atoms with van der Waals surface area (Å²) in [4.78, 5) is 22.6. The van der Waals surface area contributed by atoms with E-state index in [1.54, 1.807) is 11.5 Å². The first-order valence-electron chi connectivity index (χ1n) is 5.67. The maximum atomic E-state index is 11.5. The summed E-state index contributed by atoms with van der Waals surface area (Å²) in [6.45, 7) is 2.18. The number of rotatable bonds is 6. The van der Waals surface area contributed by atoms with E-state index in [9.17, 15) is 9.59 Å². The Bertz CT molecular complexity index is 450. The molecule has 1 fully saturated rings. The normalized spacial score (nSPS) is 14.9. The summed E-state index contributed by atoms with van der Waals surface area (Å²) in [5.74, 6) is 0.367. The SMILES string of the molecule is CCOC(=O)CCSc1n[nH]c(=O)n1C1CC1. The highest BCUT2D eigenvalue weighted by atomic mass is 32.2. The molecule has 0 bridgehead atoms. The van der Waals surface area contributed by atoms with Gasteiger partial charge in [0.2, 0.25) is 0 Å². The fraction of sp³-hybridized carbons (Fsp3) is 0.700. The van der Waals surface area contributed by atoms with Crippen LogP contribution in [0.4, 0.5) is 0 Å². The molecule has 1 aromatic rings. The molecule has 0 radical (unpaired) electrons. The Balaban J connectivity index is 1.87. The third-order valence-electron chi connectivity index (χ3n) is 2.43. The van der Waals surface area contributed by atoms with Gasteiger partial charge in [-0.25, -0.2) is 9.89 Å². The smallest absolute Gasteiger partial charge is 0.344 e. The number of thioether (sulfide) groups is 1. The number of esters is 1. The average Bonchev–Trinajstić information content (AvgIpc) is 3.05. The van der Waals surface area contributed by atoms with Crippen molar-refractivity contribution in [2.75, 3.05) is 12.4 Å². The molecule has 7 heteroatoms. The lowest BCUT2D eigenvalue weighted by molar-refractivity contribution is -0.142. The quantitative estimate of drug-likeness (QED) is 0.606. The van der Waals surface area contributed by atoms with Crippen molar-refractivity contribution in [3.8, 4) is 0 Å². The maximum absolute atomic E-state index is 11.5. The van der Waals surface area contributed by atoms with Gasteiger partial charge in [0.25, 0.3) is 0 Å². The van der Waals surface area contributed by atoms with E-state index in [0.29, 0.717) is 30.0 Å². The van der Waals surface area contributed by atoms with Crippen molar-refractivity contribution < 1.29 is 9.53 Å². The lowest BCUT2D eigenvalue weighted by Gasteiger charge is -2.03. The fourth-order valence-electron chi connectivity index (χ4n) is 1.51. The molecule has 1 aromatic heterocycles. The zero-order valence-corrected chi connectivity index (χ0v) is 10.5. The summed E-state index contributed by atoms with van der Waals surface area (Å²) in [5, 5.41) is 7.07.